The number of rotatable bonds is 5. The van der Waals surface area contributed by atoms with E-state index in [4.69, 9.17) is 5.26 Å². The Labute approximate surface area is 175 Å². The maximum Gasteiger partial charge on any atom is 0.254 e. The molecule has 1 aromatic heterocycles. The predicted octanol–water partition coefficient (Wildman–Crippen LogP) is 4.52. The molecule has 1 aliphatic rings. The molecular weight excluding hydrogens is 379 g/mol. The van der Waals surface area contributed by atoms with Crippen molar-refractivity contribution < 1.29 is 9.18 Å². The number of carbonyl (C=O) groups is 1. The van der Waals surface area contributed by atoms with Gasteiger partial charge in [0, 0.05) is 36.5 Å². The predicted molar refractivity (Wildman–Crippen MR) is 112 cm³/mol. The van der Waals surface area contributed by atoms with Gasteiger partial charge in [-0.2, -0.15) is 10.4 Å². The Balaban J connectivity index is 1.67. The van der Waals surface area contributed by atoms with E-state index >= 15 is 0 Å². The fourth-order valence-corrected chi connectivity index (χ4v) is 3.75. The van der Waals surface area contributed by atoms with Crippen LogP contribution in [-0.2, 0) is 13.6 Å². The molecule has 0 unspecified atom stereocenters. The Morgan fingerprint density at radius 1 is 1.20 bits per heavy atom. The van der Waals surface area contributed by atoms with E-state index in [2.05, 4.69) is 11.2 Å². The van der Waals surface area contributed by atoms with Crippen LogP contribution < -0.4 is 0 Å². The van der Waals surface area contributed by atoms with Gasteiger partial charge in [-0.25, -0.2) is 4.39 Å². The lowest BCUT2D eigenvalue weighted by molar-refractivity contribution is 0.0729. The monoisotopic (exact) mass is 402 g/mol. The molecule has 0 N–H and O–H groups in total. The first kappa shape index (κ1) is 19.8. The summed E-state index contributed by atoms with van der Waals surface area (Å²) in [6.45, 7) is 4.41. The molecule has 1 aliphatic carbocycles. The van der Waals surface area contributed by atoms with Crippen LogP contribution >= 0.6 is 0 Å². The third kappa shape index (κ3) is 3.84. The molecule has 3 aromatic rings. The highest BCUT2D eigenvalue weighted by Gasteiger charge is 2.34. The van der Waals surface area contributed by atoms with Crippen molar-refractivity contribution in [2.45, 2.75) is 39.3 Å². The minimum atomic E-state index is -0.454. The molecule has 0 bridgehead atoms. The van der Waals surface area contributed by atoms with Gasteiger partial charge in [-0.1, -0.05) is 12.1 Å². The highest BCUT2D eigenvalue weighted by Crippen LogP contribution is 2.32. The first-order chi connectivity index (χ1) is 14.4. The lowest BCUT2D eigenvalue weighted by Gasteiger charge is -2.23. The number of benzene rings is 2. The molecule has 1 amide bonds. The van der Waals surface area contributed by atoms with Crippen molar-refractivity contribution in [1.82, 2.24) is 14.7 Å². The molecule has 1 heterocycles. The largest absolute Gasteiger partial charge is 0.331 e. The normalized spacial score (nSPS) is 13.2. The summed E-state index contributed by atoms with van der Waals surface area (Å²) in [5, 5.41) is 13.4. The van der Waals surface area contributed by atoms with E-state index in [9.17, 15) is 9.18 Å². The summed E-state index contributed by atoms with van der Waals surface area (Å²) in [7, 11) is 1.89. The fraction of sp³-hybridized carbons (Fsp3) is 0.292. The first-order valence-electron chi connectivity index (χ1n) is 9.98. The van der Waals surface area contributed by atoms with Crippen molar-refractivity contribution in [3.63, 3.8) is 0 Å². The van der Waals surface area contributed by atoms with Crippen LogP contribution in [0, 0.1) is 31.0 Å². The van der Waals surface area contributed by atoms with Gasteiger partial charge < -0.3 is 4.90 Å². The van der Waals surface area contributed by atoms with E-state index in [0.717, 1.165) is 35.4 Å². The molecule has 0 aliphatic heterocycles. The van der Waals surface area contributed by atoms with Gasteiger partial charge in [0.2, 0.25) is 0 Å². The number of hydrogen-bond acceptors (Lipinski definition) is 3. The quantitative estimate of drug-likeness (QED) is 0.630. The molecule has 4 rings (SSSR count). The topological polar surface area (TPSA) is 61.9 Å². The Kier molecular flexibility index (Phi) is 5.13. The second kappa shape index (κ2) is 7.75. The summed E-state index contributed by atoms with van der Waals surface area (Å²) in [4.78, 5) is 15.2. The molecule has 0 saturated heterocycles. The van der Waals surface area contributed by atoms with Crippen LogP contribution in [0.1, 0.15) is 45.7 Å². The van der Waals surface area contributed by atoms with Crippen LogP contribution in [0.4, 0.5) is 4.39 Å². The van der Waals surface area contributed by atoms with E-state index in [1.807, 2.05) is 30.5 Å². The van der Waals surface area contributed by atoms with Gasteiger partial charge in [0.1, 0.15) is 5.82 Å². The Morgan fingerprint density at radius 3 is 2.47 bits per heavy atom. The maximum atomic E-state index is 14.4. The molecule has 1 saturated carbocycles. The summed E-state index contributed by atoms with van der Waals surface area (Å²) >= 11 is 0. The molecular formula is C24H23FN4O. The van der Waals surface area contributed by atoms with Crippen molar-refractivity contribution in [2.75, 3.05) is 0 Å². The zero-order valence-electron chi connectivity index (χ0n) is 17.3. The van der Waals surface area contributed by atoms with Gasteiger partial charge >= 0.3 is 0 Å². The zero-order chi connectivity index (χ0) is 21.4. The number of amides is 1. The maximum absolute atomic E-state index is 14.4. The number of aryl methyl sites for hydroxylation is 2. The standard InChI is InChI=1S/C24H23FN4O/c1-15-23(16(2)28(3)27-15)14-29(22-8-9-22)24(30)20-10-19(11-21(25)12-20)18-6-4-17(13-26)5-7-18/h4-7,10-12,22H,8-9,14H2,1-3H3. The zero-order valence-corrected chi connectivity index (χ0v) is 17.3. The molecule has 1 fully saturated rings. The van der Waals surface area contributed by atoms with Gasteiger partial charge in [0.15, 0.2) is 0 Å². The minimum Gasteiger partial charge on any atom is -0.331 e. The second-order valence-electron chi connectivity index (χ2n) is 7.85. The fourth-order valence-electron chi connectivity index (χ4n) is 3.75. The average Bonchev–Trinajstić information content (AvgIpc) is 3.54. The summed E-state index contributed by atoms with van der Waals surface area (Å²) < 4.78 is 16.2. The van der Waals surface area contributed by atoms with E-state index < -0.39 is 5.82 Å². The van der Waals surface area contributed by atoms with Crippen LogP contribution in [0.3, 0.4) is 0 Å². The molecule has 5 nitrogen and oxygen atoms in total. The van der Waals surface area contributed by atoms with Gasteiger partial charge in [0.05, 0.1) is 17.3 Å². The van der Waals surface area contributed by atoms with Gasteiger partial charge in [-0.3, -0.25) is 9.48 Å². The number of carbonyl (C=O) groups excluding carboxylic acids is 1. The Morgan fingerprint density at radius 2 is 1.90 bits per heavy atom. The molecule has 2 aromatic carbocycles. The van der Waals surface area contributed by atoms with E-state index in [-0.39, 0.29) is 11.9 Å². The highest BCUT2D eigenvalue weighted by molar-refractivity contribution is 5.96. The third-order valence-electron chi connectivity index (χ3n) is 5.73. The number of nitriles is 1. The molecule has 30 heavy (non-hydrogen) atoms. The average molecular weight is 402 g/mol. The number of halogens is 1. The van der Waals surface area contributed by atoms with E-state index in [1.54, 1.807) is 30.3 Å². The Hall–Kier alpha value is -3.46. The van der Waals surface area contributed by atoms with Crippen molar-refractivity contribution in [2.24, 2.45) is 7.05 Å². The summed E-state index contributed by atoms with van der Waals surface area (Å²) in [5.41, 5.74) is 5.23. The van der Waals surface area contributed by atoms with E-state index in [1.165, 1.54) is 12.1 Å². The lowest BCUT2D eigenvalue weighted by Crippen LogP contribution is -2.33. The van der Waals surface area contributed by atoms with Crippen molar-refractivity contribution >= 4 is 5.91 Å². The van der Waals surface area contributed by atoms with Crippen LogP contribution in [0.2, 0.25) is 0 Å². The Bertz CT molecular complexity index is 1150. The van der Waals surface area contributed by atoms with Gasteiger partial charge in [0.25, 0.3) is 5.91 Å². The lowest BCUT2D eigenvalue weighted by atomic mass is 10.0. The van der Waals surface area contributed by atoms with Crippen LogP contribution in [-0.4, -0.2) is 26.6 Å². The summed E-state index contributed by atoms with van der Waals surface area (Å²) in [6, 6.07) is 13.6. The third-order valence-corrected chi connectivity index (χ3v) is 5.73. The summed E-state index contributed by atoms with van der Waals surface area (Å²) in [5.74, 6) is -0.626. The van der Waals surface area contributed by atoms with Crippen molar-refractivity contribution in [3.05, 3.63) is 76.4 Å². The molecule has 0 spiro atoms. The van der Waals surface area contributed by atoms with Crippen LogP contribution in [0.5, 0.6) is 0 Å². The van der Waals surface area contributed by atoms with Gasteiger partial charge in [-0.15, -0.1) is 0 Å². The first-order valence-corrected chi connectivity index (χ1v) is 9.98. The second-order valence-corrected chi connectivity index (χ2v) is 7.85. The van der Waals surface area contributed by atoms with Crippen molar-refractivity contribution in [1.29, 1.82) is 5.26 Å². The minimum absolute atomic E-state index is 0.172. The van der Waals surface area contributed by atoms with Crippen molar-refractivity contribution in [3.8, 4) is 17.2 Å². The van der Waals surface area contributed by atoms with Gasteiger partial charge in [-0.05, 0) is 68.1 Å². The molecule has 152 valence electrons. The SMILES string of the molecule is Cc1nn(C)c(C)c1CN(C(=O)c1cc(F)cc(-c2ccc(C#N)cc2)c1)C1CC1. The number of nitrogens with zero attached hydrogens (tertiary/aromatic N) is 4. The summed E-state index contributed by atoms with van der Waals surface area (Å²) in [6.07, 6.45) is 1.92. The number of hydrogen-bond donors (Lipinski definition) is 0. The molecule has 0 radical (unpaired) electrons. The number of aromatic nitrogens is 2. The highest BCUT2D eigenvalue weighted by atomic mass is 19.1. The molecule has 6 heteroatoms. The van der Waals surface area contributed by atoms with E-state index in [0.29, 0.717) is 23.2 Å². The molecule has 0 atom stereocenters. The smallest absolute Gasteiger partial charge is 0.254 e. The van der Waals surface area contributed by atoms with Crippen LogP contribution in [0.25, 0.3) is 11.1 Å². The van der Waals surface area contributed by atoms with Crippen LogP contribution in [0.15, 0.2) is 42.5 Å².